The molecule has 3 nitrogen and oxygen atoms in total. The molecule has 0 fully saturated rings. The molecule has 0 radical (unpaired) electrons. The lowest BCUT2D eigenvalue weighted by atomic mass is 9.84. The van der Waals surface area contributed by atoms with Gasteiger partial charge in [-0.05, 0) is 18.1 Å². The van der Waals surface area contributed by atoms with Crippen LogP contribution in [0.15, 0.2) is 54.6 Å². The number of nitrogens with one attached hydrogen (secondary N) is 1. The van der Waals surface area contributed by atoms with Crippen molar-refractivity contribution >= 4 is 5.91 Å². The Hall–Kier alpha value is -2.13. The Kier molecular flexibility index (Phi) is 5.56. The molecule has 0 aromatic heterocycles. The van der Waals surface area contributed by atoms with Gasteiger partial charge < -0.3 is 10.1 Å². The molecule has 1 atom stereocenters. The van der Waals surface area contributed by atoms with Crippen LogP contribution < -0.4 is 5.32 Å². The van der Waals surface area contributed by atoms with Gasteiger partial charge in [0.05, 0.1) is 0 Å². The highest BCUT2D eigenvalue weighted by Crippen LogP contribution is 2.24. The van der Waals surface area contributed by atoms with E-state index in [-0.39, 0.29) is 11.3 Å². The Labute approximate surface area is 138 Å². The van der Waals surface area contributed by atoms with Gasteiger partial charge in [0, 0.05) is 19.1 Å². The Bertz CT molecular complexity index is 650. The summed E-state index contributed by atoms with van der Waals surface area (Å²) < 4.78 is 5.38. The number of carbonyl (C=O) groups excluding carboxylic acids is 1. The van der Waals surface area contributed by atoms with Gasteiger partial charge >= 0.3 is 0 Å². The van der Waals surface area contributed by atoms with Crippen LogP contribution in [-0.2, 0) is 14.9 Å². The molecular formula is C20H25NO2. The van der Waals surface area contributed by atoms with Crippen LogP contribution in [0.1, 0.15) is 36.6 Å². The predicted octanol–water partition coefficient (Wildman–Crippen LogP) is 3.78. The second-order valence-corrected chi connectivity index (χ2v) is 6.50. The summed E-state index contributed by atoms with van der Waals surface area (Å²) in [7, 11) is 1.56. The van der Waals surface area contributed by atoms with Crippen LogP contribution in [0, 0.1) is 6.92 Å². The zero-order chi connectivity index (χ0) is 16.9. The lowest BCUT2D eigenvalue weighted by Gasteiger charge is -2.27. The molecule has 0 spiro atoms. The van der Waals surface area contributed by atoms with Crippen LogP contribution in [0.4, 0.5) is 0 Å². The summed E-state index contributed by atoms with van der Waals surface area (Å²) in [6.45, 7) is 6.90. The number of methoxy groups -OCH3 is 1. The maximum absolute atomic E-state index is 12.5. The SMILES string of the molecule is COC(C(=O)NCC(C)(C)c1cccc(C)c1)c1ccccc1. The maximum Gasteiger partial charge on any atom is 0.253 e. The number of ether oxygens (including phenoxy) is 1. The van der Waals surface area contributed by atoms with E-state index in [1.807, 2.05) is 30.3 Å². The van der Waals surface area contributed by atoms with E-state index in [0.717, 1.165) is 5.56 Å². The predicted molar refractivity (Wildman–Crippen MR) is 93.4 cm³/mol. The first kappa shape index (κ1) is 17.2. The monoisotopic (exact) mass is 311 g/mol. The minimum Gasteiger partial charge on any atom is -0.367 e. The molecule has 2 rings (SSSR count). The average Bonchev–Trinajstić information content (AvgIpc) is 2.55. The highest BCUT2D eigenvalue weighted by atomic mass is 16.5. The molecule has 1 unspecified atom stereocenters. The molecule has 122 valence electrons. The van der Waals surface area contributed by atoms with Gasteiger partial charge in [-0.25, -0.2) is 0 Å². The standard InChI is InChI=1S/C20H25NO2/c1-15-9-8-12-17(13-15)20(2,3)14-21-19(22)18(23-4)16-10-6-5-7-11-16/h5-13,18H,14H2,1-4H3,(H,21,22). The van der Waals surface area contributed by atoms with E-state index < -0.39 is 6.10 Å². The fraction of sp³-hybridized carbons (Fsp3) is 0.350. The largest absolute Gasteiger partial charge is 0.367 e. The molecule has 2 aromatic rings. The average molecular weight is 311 g/mol. The van der Waals surface area contributed by atoms with Crippen molar-refractivity contribution in [3.8, 4) is 0 Å². The van der Waals surface area contributed by atoms with E-state index in [1.165, 1.54) is 11.1 Å². The zero-order valence-corrected chi connectivity index (χ0v) is 14.3. The number of hydrogen-bond acceptors (Lipinski definition) is 2. The van der Waals surface area contributed by atoms with Crippen LogP contribution >= 0.6 is 0 Å². The van der Waals surface area contributed by atoms with Crippen molar-refractivity contribution in [1.29, 1.82) is 0 Å². The Balaban J connectivity index is 2.05. The highest BCUT2D eigenvalue weighted by Gasteiger charge is 2.25. The van der Waals surface area contributed by atoms with Crippen LogP contribution in [0.3, 0.4) is 0 Å². The summed E-state index contributed by atoms with van der Waals surface area (Å²) in [5.41, 5.74) is 3.16. The Morgan fingerprint density at radius 2 is 1.83 bits per heavy atom. The first-order valence-corrected chi connectivity index (χ1v) is 7.86. The number of benzene rings is 2. The molecule has 3 heteroatoms. The van der Waals surface area contributed by atoms with Crippen molar-refractivity contribution < 1.29 is 9.53 Å². The number of rotatable bonds is 6. The first-order valence-electron chi connectivity index (χ1n) is 7.86. The van der Waals surface area contributed by atoms with E-state index in [2.05, 4.69) is 50.4 Å². The molecule has 0 saturated heterocycles. The first-order chi connectivity index (χ1) is 10.9. The minimum atomic E-state index is -0.579. The van der Waals surface area contributed by atoms with E-state index in [4.69, 9.17) is 4.74 Å². The second-order valence-electron chi connectivity index (χ2n) is 6.50. The molecule has 0 aliphatic carbocycles. The zero-order valence-electron chi connectivity index (χ0n) is 14.3. The van der Waals surface area contributed by atoms with Gasteiger partial charge in [-0.3, -0.25) is 4.79 Å². The number of amides is 1. The molecular weight excluding hydrogens is 286 g/mol. The van der Waals surface area contributed by atoms with Crippen LogP contribution in [0.2, 0.25) is 0 Å². The van der Waals surface area contributed by atoms with Crippen molar-refractivity contribution in [2.24, 2.45) is 0 Å². The molecule has 2 aromatic carbocycles. The highest BCUT2D eigenvalue weighted by molar-refractivity contribution is 5.82. The van der Waals surface area contributed by atoms with Crippen molar-refractivity contribution in [3.63, 3.8) is 0 Å². The third-order valence-corrected chi connectivity index (χ3v) is 4.08. The van der Waals surface area contributed by atoms with E-state index >= 15 is 0 Å². The quantitative estimate of drug-likeness (QED) is 0.882. The molecule has 0 aliphatic heterocycles. The summed E-state index contributed by atoms with van der Waals surface area (Å²) in [6, 6.07) is 17.9. The normalized spacial score (nSPS) is 12.7. The van der Waals surface area contributed by atoms with Crippen LogP contribution in [0.25, 0.3) is 0 Å². The summed E-state index contributed by atoms with van der Waals surface area (Å²) >= 11 is 0. The Morgan fingerprint density at radius 1 is 1.13 bits per heavy atom. The van der Waals surface area contributed by atoms with Gasteiger partial charge in [0.15, 0.2) is 6.10 Å². The molecule has 0 heterocycles. The van der Waals surface area contributed by atoms with Crippen molar-refractivity contribution in [2.45, 2.75) is 32.3 Å². The number of hydrogen-bond donors (Lipinski definition) is 1. The van der Waals surface area contributed by atoms with Gasteiger partial charge in [-0.1, -0.05) is 74.0 Å². The molecule has 1 amide bonds. The summed E-state index contributed by atoms with van der Waals surface area (Å²) in [6.07, 6.45) is -0.579. The second kappa shape index (κ2) is 7.42. The minimum absolute atomic E-state index is 0.112. The smallest absolute Gasteiger partial charge is 0.253 e. The van der Waals surface area contributed by atoms with Gasteiger partial charge in [0.25, 0.3) is 5.91 Å². The molecule has 0 saturated carbocycles. The summed E-state index contributed by atoms with van der Waals surface area (Å²) in [4.78, 5) is 12.5. The molecule has 23 heavy (non-hydrogen) atoms. The number of aryl methyl sites for hydroxylation is 1. The lowest BCUT2D eigenvalue weighted by molar-refractivity contribution is -0.131. The van der Waals surface area contributed by atoms with E-state index in [9.17, 15) is 4.79 Å². The Morgan fingerprint density at radius 3 is 2.43 bits per heavy atom. The third kappa shape index (κ3) is 4.42. The fourth-order valence-electron chi connectivity index (χ4n) is 2.59. The summed E-state index contributed by atoms with van der Waals surface area (Å²) in [5, 5.41) is 3.03. The van der Waals surface area contributed by atoms with Crippen molar-refractivity contribution in [1.82, 2.24) is 5.32 Å². The van der Waals surface area contributed by atoms with Gasteiger partial charge in [0.2, 0.25) is 0 Å². The lowest BCUT2D eigenvalue weighted by Crippen LogP contribution is -2.39. The maximum atomic E-state index is 12.5. The van der Waals surface area contributed by atoms with Crippen molar-refractivity contribution in [2.75, 3.05) is 13.7 Å². The summed E-state index contributed by atoms with van der Waals surface area (Å²) in [5.74, 6) is -0.112. The van der Waals surface area contributed by atoms with Crippen LogP contribution in [0.5, 0.6) is 0 Å². The van der Waals surface area contributed by atoms with Crippen LogP contribution in [-0.4, -0.2) is 19.6 Å². The molecule has 0 aliphatic rings. The topological polar surface area (TPSA) is 38.3 Å². The van der Waals surface area contributed by atoms with E-state index in [0.29, 0.717) is 6.54 Å². The fourth-order valence-corrected chi connectivity index (χ4v) is 2.59. The van der Waals surface area contributed by atoms with E-state index in [1.54, 1.807) is 7.11 Å². The van der Waals surface area contributed by atoms with Gasteiger partial charge in [-0.15, -0.1) is 0 Å². The third-order valence-electron chi connectivity index (χ3n) is 4.08. The van der Waals surface area contributed by atoms with Gasteiger partial charge in [-0.2, -0.15) is 0 Å². The van der Waals surface area contributed by atoms with Gasteiger partial charge in [0.1, 0.15) is 0 Å². The molecule has 0 bridgehead atoms. The van der Waals surface area contributed by atoms with Crippen molar-refractivity contribution in [3.05, 3.63) is 71.3 Å². The molecule has 1 N–H and O–H groups in total. The number of carbonyl (C=O) groups is 1.